The average Bonchev–Trinajstić information content (AvgIpc) is 2.72. The summed E-state index contributed by atoms with van der Waals surface area (Å²) in [6, 6.07) is 3.81. The number of thiazole rings is 1. The fraction of sp³-hybridized carbons (Fsp3) is 0.200. The molecule has 0 radical (unpaired) electrons. The third kappa shape index (κ3) is 2.16. The first kappa shape index (κ1) is 9.30. The monoisotopic (exact) mass is 206 g/mol. The number of rotatable bonds is 3. The van der Waals surface area contributed by atoms with Gasteiger partial charge in [0.1, 0.15) is 11.1 Å². The van der Waals surface area contributed by atoms with Crippen molar-refractivity contribution in [2.75, 3.05) is 0 Å². The molecule has 1 unspecified atom stereocenters. The van der Waals surface area contributed by atoms with Crippen molar-refractivity contribution in [2.24, 2.45) is 0 Å². The third-order valence-electron chi connectivity index (χ3n) is 1.89. The zero-order valence-electron chi connectivity index (χ0n) is 7.50. The number of aliphatic hydroxyl groups excluding tert-OH is 1. The van der Waals surface area contributed by atoms with E-state index in [2.05, 4.69) is 9.97 Å². The van der Waals surface area contributed by atoms with Gasteiger partial charge >= 0.3 is 0 Å². The van der Waals surface area contributed by atoms with Crippen LogP contribution in [0.4, 0.5) is 0 Å². The number of pyridine rings is 1. The van der Waals surface area contributed by atoms with Crippen LogP contribution < -0.4 is 0 Å². The van der Waals surface area contributed by atoms with Crippen LogP contribution in [0.2, 0.25) is 0 Å². The van der Waals surface area contributed by atoms with Crippen molar-refractivity contribution < 1.29 is 5.11 Å². The van der Waals surface area contributed by atoms with Crippen molar-refractivity contribution in [3.8, 4) is 0 Å². The highest BCUT2D eigenvalue weighted by atomic mass is 32.1. The van der Waals surface area contributed by atoms with Crippen molar-refractivity contribution in [1.29, 1.82) is 0 Å². The molecule has 0 spiro atoms. The lowest BCUT2D eigenvalue weighted by atomic mass is 10.1. The summed E-state index contributed by atoms with van der Waals surface area (Å²) in [6.45, 7) is 0. The molecule has 2 rings (SSSR count). The van der Waals surface area contributed by atoms with E-state index in [1.54, 1.807) is 18.6 Å². The summed E-state index contributed by atoms with van der Waals surface area (Å²) in [4.78, 5) is 8.05. The second kappa shape index (κ2) is 4.30. The minimum absolute atomic E-state index is 0.515. The van der Waals surface area contributed by atoms with Gasteiger partial charge in [0.2, 0.25) is 0 Å². The zero-order valence-corrected chi connectivity index (χ0v) is 8.31. The Hall–Kier alpha value is -1.26. The predicted octanol–water partition coefficient (Wildman–Crippen LogP) is 1.81. The molecule has 0 bridgehead atoms. The van der Waals surface area contributed by atoms with E-state index in [0.717, 1.165) is 10.6 Å². The largest absolute Gasteiger partial charge is 0.386 e. The molecule has 3 nitrogen and oxygen atoms in total. The lowest BCUT2D eigenvalue weighted by molar-refractivity contribution is 0.178. The molecule has 2 aromatic heterocycles. The van der Waals surface area contributed by atoms with E-state index in [1.807, 2.05) is 17.5 Å². The van der Waals surface area contributed by atoms with Gasteiger partial charge < -0.3 is 5.11 Å². The fourth-order valence-electron chi connectivity index (χ4n) is 1.23. The van der Waals surface area contributed by atoms with Crippen molar-refractivity contribution in [3.63, 3.8) is 0 Å². The number of hydrogen-bond acceptors (Lipinski definition) is 4. The van der Waals surface area contributed by atoms with Crippen LogP contribution in [0.3, 0.4) is 0 Å². The zero-order chi connectivity index (χ0) is 9.80. The Balaban J connectivity index is 2.06. The second-order valence-electron chi connectivity index (χ2n) is 2.95. The topological polar surface area (TPSA) is 46.0 Å². The normalized spacial score (nSPS) is 12.6. The molecule has 0 aliphatic rings. The molecule has 1 N–H and O–H groups in total. The SMILES string of the molecule is OC(Cc1cccnc1)c1nccs1. The van der Waals surface area contributed by atoms with Crippen LogP contribution in [0.5, 0.6) is 0 Å². The summed E-state index contributed by atoms with van der Waals surface area (Å²) >= 11 is 1.47. The van der Waals surface area contributed by atoms with Gasteiger partial charge in [-0.25, -0.2) is 4.98 Å². The molecule has 0 amide bonds. The molecule has 0 fully saturated rings. The second-order valence-corrected chi connectivity index (χ2v) is 3.88. The van der Waals surface area contributed by atoms with Gasteiger partial charge in [-0.3, -0.25) is 4.98 Å². The summed E-state index contributed by atoms with van der Waals surface area (Å²) in [5.74, 6) is 0. The molecule has 0 aliphatic carbocycles. The molecule has 1 atom stereocenters. The summed E-state index contributed by atoms with van der Waals surface area (Å²) in [5.41, 5.74) is 1.02. The van der Waals surface area contributed by atoms with Crippen LogP contribution in [-0.4, -0.2) is 15.1 Å². The number of aliphatic hydroxyl groups is 1. The highest BCUT2D eigenvalue weighted by Crippen LogP contribution is 2.19. The maximum Gasteiger partial charge on any atom is 0.121 e. The van der Waals surface area contributed by atoms with Gasteiger partial charge in [-0.15, -0.1) is 11.3 Å². The van der Waals surface area contributed by atoms with Gasteiger partial charge in [0.05, 0.1) is 0 Å². The van der Waals surface area contributed by atoms with Crippen LogP contribution in [0.25, 0.3) is 0 Å². The van der Waals surface area contributed by atoms with E-state index in [-0.39, 0.29) is 0 Å². The molecule has 0 aromatic carbocycles. The van der Waals surface area contributed by atoms with Crippen LogP contribution in [0, 0.1) is 0 Å². The molecule has 2 heterocycles. The third-order valence-corrected chi connectivity index (χ3v) is 2.77. The minimum Gasteiger partial charge on any atom is -0.386 e. The molecular weight excluding hydrogens is 196 g/mol. The molecule has 0 saturated heterocycles. The summed E-state index contributed by atoms with van der Waals surface area (Å²) in [7, 11) is 0. The van der Waals surface area contributed by atoms with Crippen LogP contribution in [0.1, 0.15) is 16.7 Å². The predicted molar refractivity (Wildman–Crippen MR) is 55.0 cm³/mol. The van der Waals surface area contributed by atoms with Crippen molar-refractivity contribution in [1.82, 2.24) is 9.97 Å². The Bertz CT molecular complexity index is 374. The van der Waals surface area contributed by atoms with Crippen molar-refractivity contribution >= 4 is 11.3 Å². The van der Waals surface area contributed by atoms with Gasteiger partial charge in [0.15, 0.2) is 0 Å². The molecular formula is C10H10N2OS. The van der Waals surface area contributed by atoms with Gasteiger partial charge in [-0.1, -0.05) is 6.07 Å². The summed E-state index contributed by atoms with van der Waals surface area (Å²) in [6.07, 6.45) is 5.24. The Morgan fingerprint density at radius 1 is 1.43 bits per heavy atom. The van der Waals surface area contributed by atoms with Crippen LogP contribution in [-0.2, 0) is 6.42 Å². The fourth-order valence-corrected chi connectivity index (χ4v) is 1.85. The molecule has 4 heteroatoms. The van der Waals surface area contributed by atoms with Crippen molar-refractivity contribution in [2.45, 2.75) is 12.5 Å². The van der Waals surface area contributed by atoms with Gasteiger partial charge in [0.25, 0.3) is 0 Å². The Labute approximate surface area is 86.1 Å². The van der Waals surface area contributed by atoms with E-state index < -0.39 is 6.10 Å². The van der Waals surface area contributed by atoms with Crippen molar-refractivity contribution in [3.05, 3.63) is 46.7 Å². The average molecular weight is 206 g/mol. The van der Waals surface area contributed by atoms with Gasteiger partial charge in [-0.05, 0) is 11.6 Å². The maximum absolute atomic E-state index is 9.78. The summed E-state index contributed by atoms with van der Waals surface area (Å²) < 4.78 is 0. The first-order valence-corrected chi connectivity index (χ1v) is 5.20. The quantitative estimate of drug-likeness (QED) is 0.833. The smallest absolute Gasteiger partial charge is 0.121 e. The number of hydrogen-bond donors (Lipinski definition) is 1. The standard InChI is InChI=1S/C10H10N2OS/c13-9(10-12-4-5-14-10)6-8-2-1-3-11-7-8/h1-5,7,9,13H,6H2. The van der Waals surface area contributed by atoms with Gasteiger partial charge in [0, 0.05) is 30.4 Å². The lowest BCUT2D eigenvalue weighted by Gasteiger charge is -2.06. The van der Waals surface area contributed by atoms with E-state index >= 15 is 0 Å². The number of aromatic nitrogens is 2. The number of nitrogens with zero attached hydrogens (tertiary/aromatic N) is 2. The van der Waals surface area contributed by atoms with Crippen LogP contribution >= 0.6 is 11.3 Å². The van der Waals surface area contributed by atoms with Gasteiger partial charge in [-0.2, -0.15) is 0 Å². The lowest BCUT2D eigenvalue weighted by Crippen LogP contribution is -2.01. The molecule has 14 heavy (non-hydrogen) atoms. The minimum atomic E-state index is -0.515. The van der Waals surface area contributed by atoms with E-state index in [9.17, 15) is 5.11 Å². The first-order chi connectivity index (χ1) is 6.86. The first-order valence-electron chi connectivity index (χ1n) is 4.32. The summed E-state index contributed by atoms with van der Waals surface area (Å²) in [5, 5.41) is 12.4. The van der Waals surface area contributed by atoms with Crippen LogP contribution in [0.15, 0.2) is 36.1 Å². The van der Waals surface area contributed by atoms with E-state index in [4.69, 9.17) is 0 Å². The maximum atomic E-state index is 9.78. The Morgan fingerprint density at radius 3 is 3.00 bits per heavy atom. The highest BCUT2D eigenvalue weighted by molar-refractivity contribution is 7.09. The molecule has 0 saturated carbocycles. The Kier molecular flexibility index (Phi) is 2.86. The molecule has 72 valence electrons. The highest BCUT2D eigenvalue weighted by Gasteiger charge is 2.10. The molecule has 0 aliphatic heterocycles. The van der Waals surface area contributed by atoms with E-state index in [1.165, 1.54) is 11.3 Å². The molecule has 2 aromatic rings. The van der Waals surface area contributed by atoms with E-state index in [0.29, 0.717) is 6.42 Å². The Morgan fingerprint density at radius 2 is 2.36 bits per heavy atom.